The van der Waals surface area contributed by atoms with Crippen LogP contribution in [0.2, 0.25) is 0 Å². The van der Waals surface area contributed by atoms with Gasteiger partial charge in [-0.05, 0) is 50.5 Å². The number of hydrogen-bond acceptors (Lipinski definition) is 4. The molecule has 0 aromatic heterocycles. The second kappa shape index (κ2) is 7.61. The zero-order chi connectivity index (χ0) is 19.5. The summed E-state index contributed by atoms with van der Waals surface area (Å²) in [4.78, 5) is 27.3. The molecule has 1 aliphatic heterocycles. The van der Waals surface area contributed by atoms with Crippen molar-refractivity contribution in [3.8, 4) is 6.07 Å². The molecule has 0 saturated carbocycles. The number of nitriles is 1. The summed E-state index contributed by atoms with van der Waals surface area (Å²) in [5.41, 5.74) is 2.25. The third-order valence-electron chi connectivity index (χ3n) is 4.00. The predicted octanol–water partition coefficient (Wildman–Crippen LogP) is 3.28. The van der Waals surface area contributed by atoms with Crippen molar-refractivity contribution >= 4 is 17.6 Å². The van der Waals surface area contributed by atoms with E-state index in [4.69, 9.17) is 4.74 Å². The Hall–Kier alpha value is -2.81. The quantitative estimate of drug-likeness (QED) is 0.816. The summed E-state index contributed by atoms with van der Waals surface area (Å²) in [5, 5.41) is 9.48. The number of nitrogens with zero attached hydrogens (tertiary/aromatic N) is 3. The Morgan fingerprint density at radius 3 is 2.46 bits per heavy atom. The highest BCUT2D eigenvalue weighted by Crippen LogP contribution is 2.27. The van der Waals surface area contributed by atoms with Crippen LogP contribution in [0.15, 0.2) is 24.3 Å². The standard InChI is InChI=1S/C20H25N3O3/c1-20(2,3)26-19(25)23-10-8-14(9-11-23)17-7-6-15(12-16(17)13-21)18(24)22(4)5/h6-8,12H,9-11H2,1-5H3. The lowest BCUT2D eigenvalue weighted by Gasteiger charge is -2.29. The van der Waals surface area contributed by atoms with Crippen LogP contribution in [0.3, 0.4) is 0 Å². The van der Waals surface area contributed by atoms with Gasteiger partial charge >= 0.3 is 6.09 Å². The molecule has 6 nitrogen and oxygen atoms in total. The molecule has 26 heavy (non-hydrogen) atoms. The van der Waals surface area contributed by atoms with Gasteiger partial charge in [0.05, 0.1) is 11.6 Å². The van der Waals surface area contributed by atoms with E-state index in [1.807, 2.05) is 32.9 Å². The van der Waals surface area contributed by atoms with Crippen molar-refractivity contribution < 1.29 is 14.3 Å². The Morgan fingerprint density at radius 1 is 1.27 bits per heavy atom. The summed E-state index contributed by atoms with van der Waals surface area (Å²) in [6.45, 7) is 6.49. The van der Waals surface area contributed by atoms with Crippen LogP contribution in [0.1, 0.15) is 48.7 Å². The zero-order valence-electron chi connectivity index (χ0n) is 16.0. The molecule has 1 aromatic carbocycles. The molecular formula is C20H25N3O3. The van der Waals surface area contributed by atoms with Gasteiger partial charge < -0.3 is 14.5 Å². The average Bonchev–Trinajstić information content (AvgIpc) is 2.59. The van der Waals surface area contributed by atoms with Gasteiger partial charge in [-0.25, -0.2) is 4.79 Å². The first kappa shape index (κ1) is 19.5. The number of amides is 2. The van der Waals surface area contributed by atoms with Gasteiger partial charge in [0.25, 0.3) is 5.91 Å². The second-order valence-electron chi connectivity index (χ2n) is 7.48. The molecule has 1 heterocycles. The van der Waals surface area contributed by atoms with E-state index in [-0.39, 0.29) is 12.0 Å². The number of hydrogen-bond donors (Lipinski definition) is 0. The SMILES string of the molecule is CN(C)C(=O)c1ccc(C2=CCN(C(=O)OC(C)(C)C)CC2)c(C#N)c1. The van der Waals surface area contributed by atoms with E-state index in [9.17, 15) is 14.9 Å². The summed E-state index contributed by atoms with van der Waals surface area (Å²) in [6.07, 6.45) is 2.24. The molecule has 0 radical (unpaired) electrons. The van der Waals surface area contributed by atoms with Gasteiger partial charge in [0.15, 0.2) is 0 Å². The fourth-order valence-corrected chi connectivity index (χ4v) is 2.71. The Labute approximate surface area is 154 Å². The fraction of sp³-hybridized carbons (Fsp3) is 0.450. The molecule has 1 aliphatic rings. The van der Waals surface area contributed by atoms with Crippen molar-refractivity contribution in [3.63, 3.8) is 0 Å². The molecule has 0 unspecified atom stereocenters. The lowest BCUT2D eigenvalue weighted by Crippen LogP contribution is -2.39. The summed E-state index contributed by atoms with van der Waals surface area (Å²) in [5.74, 6) is -0.137. The van der Waals surface area contributed by atoms with Gasteiger partial charge in [-0.2, -0.15) is 5.26 Å². The number of carbonyl (C=O) groups excluding carboxylic acids is 2. The van der Waals surface area contributed by atoms with E-state index in [1.165, 1.54) is 4.90 Å². The molecule has 138 valence electrons. The van der Waals surface area contributed by atoms with Crippen molar-refractivity contribution in [2.75, 3.05) is 27.2 Å². The van der Waals surface area contributed by atoms with E-state index in [0.29, 0.717) is 30.6 Å². The van der Waals surface area contributed by atoms with Crippen LogP contribution in [0.4, 0.5) is 4.79 Å². The monoisotopic (exact) mass is 355 g/mol. The van der Waals surface area contributed by atoms with Crippen molar-refractivity contribution in [2.45, 2.75) is 32.8 Å². The molecule has 0 fully saturated rings. The summed E-state index contributed by atoms with van der Waals surface area (Å²) < 4.78 is 5.39. The van der Waals surface area contributed by atoms with Crippen LogP contribution in [0.5, 0.6) is 0 Å². The van der Waals surface area contributed by atoms with Crippen LogP contribution >= 0.6 is 0 Å². The zero-order valence-corrected chi connectivity index (χ0v) is 16.0. The first-order valence-electron chi connectivity index (χ1n) is 8.55. The molecule has 0 saturated heterocycles. The topological polar surface area (TPSA) is 73.6 Å². The van der Waals surface area contributed by atoms with E-state index in [1.54, 1.807) is 31.1 Å². The minimum atomic E-state index is -0.524. The van der Waals surface area contributed by atoms with Gasteiger partial charge in [-0.15, -0.1) is 0 Å². The number of ether oxygens (including phenoxy) is 1. The minimum absolute atomic E-state index is 0.137. The van der Waals surface area contributed by atoms with Gasteiger partial charge in [0.2, 0.25) is 0 Å². The molecule has 1 aromatic rings. The highest BCUT2D eigenvalue weighted by molar-refractivity contribution is 5.95. The van der Waals surface area contributed by atoms with E-state index in [2.05, 4.69) is 6.07 Å². The Kier molecular flexibility index (Phi) is 5.71. The molecule has 0 atom stereocenters. The predicted molar refractivity (Wildman–Crippen MR) is 99.6 cm³/mol. The van der Waals surface area contributed by atoms with Crippen molar-refractivity contribution in [3.05, 3.63) is 41.0 Å². The van der Waals surface area contributed by atoms with Crippen LogP contribution in [-0.2, 0) is 4.74 Å². The van der Waals surface area contributed by atoms with E-state index in [0.717, 1.165) is 11.1 Å². The van der Waals surface area contributed by atoms with Crippen LogP contribution in [0.25, 0.3) is 5.57 Å². The maximum atomic E-state index is 12.1. The van der Waals surface area contributed by atoms with Gasteiger partial charge in [0, 0.05) is 32.7 Å². The molecule has 0 bridgehead atoms. The smallest absolute Gasteiger partial charge is 0.410 e. The molecule has 2 rings (SSSR count). The maximum Gasteiger partial charge on any atom is 0.410 e. The normalized spacial score (nSPS) is 14.3. The minimum Gasteiger partial charge on any atom is -0.444 e. The Bertz CT molecular complexity index is 782. The summed E-state index contributed by atoms with van der Waals surface area (Å²) in [7, 11) is 3.36. The summed E-state index contributed by atoms with van der Waals surface area (Å²) in [6, 6.07) is 7.34. The lowest BCUT2D eigenvalue weighted by atomic mass is 9.94. The van der Waals surface area contributed by atoms with E-state index < -0.39 is 5.60 Å². The Morgan fingerprint density at radius 2 is 1.96 bits per heavy atom. The molecular weight excluding hydrogens is 330 g/mol. The van der Waals surface area contributed by atoms with Crippen molar-refractivity contribution in [1.82, 2.24) is 9.80 Å². The third kappa shape index (κ3) is 4.63. The first-order chi connectivity index (χ1) is 12.1. The molecule has 6 heteroatoms. The number of rotatable bonds is 2. The van der Waals surface area contributed by atoms with Gasteiger partial charge in [0.1, 0.15) is 5.60 Å². The fourth-order valence-electron chi connectivity index (χ4n) is 2.71. The Balaban J connectivity index is 2.19. The first-order valence-corrected chi connectivity index (χ1v) is 8.55. The van der Waals surface area contributed by atoms with Crippen LogP contribution < -0.4 is 0 Å². The van der Waals surface area contributed by atoms with Crippen LogP contribution in [-0.4, -0.2) is 54.6 Å². The molecule has 0 spiro atoms. The highest BCUT2D eigenvalue weighted by Gasteiger charge is 2.24. The van der Waals surface area contributed by atoms with Gasteiger partial charge in [-0.1, -0.05) is 12.1 Å². The molecule has 2 amide bonds. The molecule has 0 aliphatic carbocycles. The van der Waals surface area contributed by atoms with Crippen molar-refractivity contribution in [2.24, 2.45) is 0 Å². The number of benzene rings is 1. The summed E-state index contributed by atoms with van der Waals surface area (Å²) >= 11 is 0. The maximum absolute atomic E-state index is 12.1. The lowest BCUT2D eigenvalue weighted by molar-refractivity contribution is 0.0270. The van der Waals surface area contributed by atoms with E-state index >= 15 is 0 Å². The van der Waals surface area contributed by atoms with Crippen molar-refractivity contribution in [1.29, 1.82) is 5.26 Å². The number of carbonyl (C=O) groups is 2. The van der Waals surface area contributed by atoms with Crippen LogP contribution in [0, 0.1) is 11.3 Å². The third-order valence-corrected chi connectivity index (χ3v) is 4.00. The average molecular weight is 355 g/mol. The largest absolute Gasteiger partial charge is 0.444 e. The second-order valence-corrected chi connectivity index (χ2v) is 7.48. The highest BCUT2D eigenvalue weighted by atomic mass is 16.6. The van der Waals surface area contributed by atoms with Gasteiger partial charge in [-0.3, -0.25) is 4.79 Å². The molecule has 0 N–H and O–H groups in total.